The number of piperazine rings is 1. The highest BCUT2D eigenvalue weighted by Gasteiger charge is 2.44. The minimum absolute atomic E-state index is 0.00205. The molecule has 0 radical (unpaired) electrons. The van der Waals surface area contributed by atoms with Crippen LogP contribution in [-0.2, 0) is 6.54 Å². The van der Waals surface area contributed by atoms with Crippen molar-refractivity contribution >= 4 is 5.91 Å². The summed E-state index contributed by atoms with van der Waals surface area (Å²) in [4.78, 5) is 31.3. The molecule has 0 bridgehead atoms. The van der Waals surface area contributed by atoms with Crippen LogP contribution in [0.25, 0.3) is 11.1 Å². The molecule has 1 aromatic carbocycles. The fourth-order valence-electron chi connectivity index (χ4n) is 6.38. The van der Waals surface area contributed by atoms with E-state index in [1.807, 2.05) is 46.0 Å². The quantitative estimate of drug-likeness (QED) is 0.781. The Morgan fingerprint density at radius 3 is 2.55 bits per heavy atom. The number of nitrogens with one attached hydrogen (secondary N) is 1. The fraction of sp³-hybridized carbons (Fsp3) is 0.556. The molecule has 1 aliphatic carbocycles. The zero-order valence-corrected chi connectivity index (χ0v) is 19.8. The Morgan fingerprint density at radius 2 is 1.82 bits per heavy atom. The van der Waals surface area contributed by atoms with Gasteiger partial charge in [0.2, 0.25) is 0 Å². The summed E-state index contributed by atoms with van der Waals surface area (Å²) < 4.78 is 1.85. The molecule has 2 aliphatic heterocycles. The summed E-state index contributed by atoms with van der Waals surface area (Å²) >= 11 is 0. The van der Waals surface area contributed by atoms with E-state index in [2.05, 4.69) is 17.3 Å². The lowest BCUT2D eigenvalue weighted by molar-refractivity contribution is 0.0346. The van der Waals surface area contributed by atoms with Crippen molar-refractivity contribution in [2.75, 3.05) is 46.3 Å². The highest BCUT2D eigenvalue weighted by molar-refractivity contribution is 6.00. The van der Waals surface area contributed by atoms with Crippen LogP contribution in [0.5, 0.6) is 0 Å². The monoisotopic (exact) mass is 448 g/mol. The minimum atomic E-state index is -0.00205. The van der Waals surface area contributed by atoms with Crippen molar-refractivity contribution in [2.24, 2.45) is 11.3 Å². The Kier molecular flexibility index (Phi) is 6.39. The Balaban J connectivity index is 1.52. The lowest BCUT2D eigenvalue weighted by Gasteiger charge is -2.45. The summed E-state index contributed by atoms with van der Waals surface area (Å²) in [5, 5.41) is 3.32. The highest BCUT2D eigenvalue weighted by atomic mass is 16.2. The Labute approximate surface area is 196 Å². The van der Waals surface area contributed by atoms with E-state index in [1.54, 1.807) is 6.07 Å². The summed E-state index contributed by atoms with van der Waals surface area (Å²) in [5.41, 5.74) is 2.63. The summed E-state index contributed by atoms with van der Waals surface area (Å²) in [6.07, 6.45) is 8.08. The van der Waals surface area contributed by atoms with E-state index in [9.17, 15) is 9.59 Å². The molecule has 6 heteroatoms. The third-order valence-electron chi connectivity index (χ3n) is 8.17. The highest BCUT2D eigenvalue weighted by Crippen LogP contribution is 2.48. The van der Waals surface area contributed by atoms with E-state index in [1.165, 1.54) is 25.7 Å². The largest absolute Gasteiger partial charge is 0.336 e. The van der Waals surface area contributed by atoms with Crippen molar-refractivity contribution in [1.29, 1.82) is 0 Å². The topological polar surface area (TPSA) is 57.6 Å². The number of nitrogens with zero attached hydrogens (tertiary/aromatic N) is 3. The zero-order valence-electron chi connectivity index (χ0n) is 19.8. The van der Waals surface area contributed by atoms with Crippen LogP contribution in [0.1, 0.15) is 42.5 Å². The maximum atomic E-state index is 13.6. The average Bonchev–Trinajstić information content (AvgIpc) is 3.31. The molecule has 3 heterocycles. The van der Waals surface area contributed by atoms with Crippen LogP contribution in [0.2, 0.25) is 0 Å². The van der Waals surface area contributed by atoms with Gasteiger partial charge >= 0.3 is 0 Å². The molecule has 3 aliphatic rings. The molecule has 1 saturated carbocycles. The third kappa shape index (κ3) is 4.51. The molecular formula is C27H36N4O2. The lowest BCUT2D eigenvalue weighted by Crippen LogP contribution is -2.48. The fourth-order valence-corrected chi connectivity index (χ4v) is 6.38. The van der Waals surface area contributed by atoms with Gasteiger partial charge in [0, 0.05) is 57.1 Å². The van der Waals surface area contributed by atoms with Gasteiger partial charge < -0.3 is 19.7 Å². The molecule has 6 nitrogen and oxygen atoms in total. The number of hydrogen-bond donors (Lipinski definition) is 1. The van der Waals surface area contributed by atoms with E-state index in [4.69, 9.17) is 0 Å². The zero-order chi connectivity index (χ0) is 22.8. The second kappa shape index (κ2) is 9.43. The minimum Gasteiger partial charge on any atom is -0.336 e. The number of carbonyl (C=O) groups is 1. The number of rotatable bonds is 4. The molecule has 176 valence electrons. The molecule has 3 fully saturated rings. The number of carbonyl (C=O) groups excluding carboxylic acids is 1. The van der Waals surface area contributed by atoms with Crippen molar-refractivity contribution in [2.45, 2.75) is 38.6 Å². The molecule has 1 atom stereocenters. The molecule has 33 heavy (non-hydrogen) atoms. The predicted molar refractivity (Wildman–Crippen MR) is 131 cm³/mol. The molecule has 1 N–H and O–H groups in total. The number of pyridine rings is 1. The first-order valence-electron chi connectivity index (χ1n) is 12.5. The summed E-state index contributed by atoms with van der Waals surface area (Å²) in [6, 6.07) is 11.5. The van der Waals surface area contributed by atoms with Gasteiger partial charge in [-0.2, -0.15) is 0 Å². The van der Waals surface area contributed by atoms with Crippen LogP contribution in [-0.4, -0.2) is 66.6 Å². The van der Waals surface area contributed by atoms with Gasteiger partial charge in [-0.15, -0.1) is 0 Å². The molecule has 1 amide bonds. The average molecular weight is 449 g/mol. The standard InChI is InChI=1S/C27H36N4O2/c1-29-14-9-22(27(20-29)10-5-6-11-27)18-31-19-24(26(33)30-15-12-28-13-16-30)23(17-25(31)32)21-7-3-2-4-8-21/h2-4,7-8,17,19,22,28H,5-6,9-16,18,20H2,1H3. The molecule has 2 saturated heterocycles. The van der Waals surface area contributed by atoms with Gasteiger partial charge in [-0.05, 0) is 49.8 Å². The number of likely N-dealkylation sites (tertiary alicyclic amines) is 1. The van der Waals surface area contributed by atoms with Gasteiger partial charge in [0.15, 0.2) is 0 Å². The van der Waals surface area contributed by atoms with E-state index in [0.29, 0.717) is 36.5 Å². The molecular weight excluding hydrogens is 412 g/mol. The van der Waals surface area contributed by atoms with Crippen molar-refractivity contribution in [3.05, 3.63) is 58.5 Å². The maximum absolute atomic E-state index is 13.6. The number of hydrogen-bond acceptors (Lipinski definition) is 4. The normalized spacial score (nSPS) is 23.2. The molecule has 1 aromatic heterocycles. The number of piperidine rings is 1. The van der Waals surface area contributed by atoms with E-state index in [-0.39, 0.29) is 11.5 Å². The van der Waals surface area contributed by atoms with Crippen LogP contribution in [0.3, 0.4) is 0 Å². The summed E-state index contributed by atoms with van der Waals surface area (Å²) in [5.74, 6) is 0.515. The Bertz CT molecular complexity index is 1040. The van der Waals surface area contributed by atoms with Gasteiger partial charge in [-0.25, -0.2) is 0 Å². The Morgan fingerprint density at radius 1 is 1.09 bits per heavy atom. The number of aromatic nitrogens is 1. The molecule has 1 unspecified atom stereocenters. The number of benzene rings is 1. The van der Waals surface area contributed by atoms with Crippen molar-refractivity contribution in [3.8, 4) is 11.1 Å². The smallest absolute Gasteiger partial charge is 0.256 e. The molecule has 1 spiro atoms. The lowest BCUT2D eigenvalue weighted by atomic mass is 9.69. The van der Waals surface area contributed by atoms with Crippen molar-refractivity contribution < 1.29 is 4.79 Å². The second-order valence-electron chi connectivity index (χ2n) is 10.3. The van der Waals surface area contributed by atoms with Crippen LogP contribution in [0.4, 0.5) is 0 Å². The van der Waals surface area contributed by atoms with Crippen LogP contribution >= 0.6 is 0 Å². The van der Waals surface area contributed by atoms with Crippen LogP contribution in [0, 0.1) is 11.3 Å². The molecule has 2 aromatic rings. The second-order valence-corrected chi connectivity index (χ2v) is 10.3. The van der Waals surface area contributed by atoms with E-state index >= 15 is 0 Å². The first kappa shape index (κ1) is 22.4. The maximum Gasteiger partial charge on any atom is 0.256 e. The van der Waals surface area contributed by atoms with E-state index in [0.717, 1.165) is 43.7 Å². The first-order chi connectivity index (χ1) is 16.1. The summed E-state index contributed by atoms with van der Waals surface area (Å²) in [6.45, 7) is 5.93. The van der Waals surface area contributed by atoms with Crippen molar-refractivity contribution in [3.63, 3.8) is 0 Å². The molecule has 5 rings (SSSR count). The predicted octanol–water partition coefficient (Wildman–Crippen LogP) is 3.07. The first-order valence-corrected chi connectivity index (χ1v) is 12.5. The van der Waals surface area contributed by atoms with Gasteiger partial charge in [0.1, 0.15) is 0 Å². The van der Waals surface area contributed by atoms with E-state index < -0.39 is 0 Å². The van der Waals surface area contributed by atoms with Crippen molar-refractivity contribution in [1.82, 2.24) is 19.7 Å². The van der Waals surface area contributed by atoms with Gasteiger partial charge in [0.25, 0.3) is 11.5 Å². The number of amides is 1. The van der Waals surface area contributed by atoms with Gasteiger partial charge in [0.05, 0.1) is 5.56 Å². The van der Waals surface area contributed by atoms with Gasteiger partial charge in [-0.3, -0.25) is 9.59 Å². The van der Waals surface area contributed by atoms with Crippen LogP contribution in [0.15, 0.2) is 47.4 Å². The van der Waals surface area contributed by atoms with Gasteiger partial charge in [-0.1, -0.05) is 43.2 Å². The SMILES string of the molecule is CN1CCC(Cn2cc(C(=O)N3CCNCC3)c(-c3ccccc3)cc2=O)C2(CCCC2)C1. The van der Waals surface area contributed by atoms with Crippen LogP contribution < -0.4 is 10.9 Å². The summed E-state index contributed by atoms with van der Waals surface area (Å²) in [7, 11) is 2.22. The third-order valence-corrected chi connectivity index (χ3v) is 8.17. The Hall–Kier alpha value is -2.44.